The number of ether oxygens (including phenoxy) is 1. The van der Waals surface area contributed by atoms with Crippen LogP contribution in [0.25, 0.3) is 0 Å². The van der Waals surface area contributed by atoms with Crippen LogP contribution in [0.5, 0.6) is 0 Å². The van der Waals surface area contributed by atoms with Gasteiger partial charge in [0.25, 0.3) is 0 Å². The van der Waals surface area contributed by atoms with Crippen LogP contribution in [0.4, 0.5) is 0 Å². The summed E-state index contributed by atoms with van der Waals surface area (Å²) in [6, 6.07) is 9.90. The van der Waals surface area contributed by atoms with E-state index in [0.717, 1.165) is 5.56 Å². The van der Waals surface area contributed by atoms with Gasteiger partial charge in [-0.15, -0.1) is 0 Å². The van der Waals surface area contributed by atoms with Crippen LogP contribution in [-0.4, -0.2) is 40.3 Å². The third-order valence-electron chi connectivity index (χ3n) is 2.63. The Bertz CT molecular complexity index is 443. The van der Waals surface area contributed by atoms with Gasteiger partial charge in [0.2, 0.25) is 0 Å². The normalized spacial score (nSPS) is 12.5. The molecule has 0 aliphatic heterocycles. The molecule has 118 valence electrons. The molecule has 21 heavy (non-hydrogen) atoms. The van der Waals surface area contributed by atoms with E-state index in [0.29, 0.717) is 13.1 Å². The first-order chi connectivity index (χ1) is 9.55. The third kappa shape index (κ3) is 8.48. The molecule has 4 nitrogen and oxygen atoms in total. The summed E-state index contributed by atoms with van der Waals surface area (Å²) in [5.74, 6) is -0.275. The van der Waals surface area contributed by atoms with Crippen LogP contribution in [0.1, 0.15) is 40.2 Å². The third-order valence-corrected chi connectivity index (χ3v) is 2.63. The van der Waals surface area contributed by atoms with Crippen molar-refractivity contribution in [2.24, 2.45) is 0 Å². The molecule has 0 heterocycles. The number of carbonyl (C=O) groups excluding carboxylic acids is 1. The van der Waals surface area contributed by atoms with Crippen LogP contribution < -0.4 is 0 Å². The van der Waals surface area contributed by atoms with Crippen LogP contribution in [0.15, 0.2) is 30.3 Å². The van der Waals surface area contributed by atoms with Gasteiger partial charge in [-0.05, 0) is 40.2 Å². The van der Waals surface area contributed by atoms with E-state index in [9.17, 15) is 9.90 Å². The number of hydrogen-bond acceptors (Lipinski definition) is 4. The Morgan fingerprint density at radius 1 is 1.14 bits per heavy atom. The molecular formula is C17H27NO3. The van der Waals surface area contributed by atoms with Crippen molar-refractivity contribution in [2.75, 3.05) is 13.1 Å². The van der Waals surface area contributed by atoms with E-state index in [2.05, 4.69) is 0 Å². The number of nitrogens with zero attached hydrogens (tertiary/aromatic N) is 1. The number of esters is 1. The van der Waals surface area contributed by atoms with Crippen molar-refractivity contribution in [3.63, 3.8) is 0 Å². The molecule has 0 atom stereocenters. The minimum Gasteiger partial charge on any atom is -0.459 e. The summed E-state index contributed by atoms with van der Waals surface area (Å²) in [5, 5.41) is 10.0. The summed E-state index contributed by atoms with van der Waals surface area (Å²) < 4.78 is 5.36. The highest BCUT2D eigenvalue weighted by Crippen LogP contribution is 2.12. The molecule has 1 aromatic carbocycles. The van der Waals surface area contributed by atoms with Crippen LogP contribution >= 0.6 is 0 Å². The zero-order valence-electron chi connectivity index (χ0n) is 13.7. The van der Waals surface area contributed by atoms with Gasteiger partial charge >= 0.3 is 5.97 Å². The lowest BCUT2D eigenvalue weighted by Gasteiger charge is -2.29. The second-order valence-electron chi connectivity index (χ2n) is 7.03. The predicted molar refractivity (Wildman–Crippen MR) is 83.9 cm³/mol. The first-order valence-corrected chi connectivity index (χ1v) is 7.26. The second kappa shape index (κ2) is 7.05. The Balaban J connectivity index is 2.71. The number of rotatable bonds is 6. The molecule has 0 spiro atoms. The lowest BCUT2D eigenvalue weighted by Crippen LogP contribution is -2.42. The molecule has 0 saturated heterocycles. The van der Waals surface area contributed by atoms with E-state index in [1.807, 2.05) is 56.0 Å². The van der Waals surface area contributed by atoms with Gasteiger partial charge in [-0.2, -0.15) is 0 Å². The maximum atomic E-state index is 12.0. The minimum absolute atomic E-state index is 0.163. The molecule has 4 heteroatoms. The number of aliphatic hydroxyl groups is 1. The van der Waals surface area contributed by atoms with Crippen molar-refractivity contribution in [1.29, 1.82) is 0 Å². The molecule has 1 rings (SSSR count). The SMILES string of the molecule is CC(C)(O)CN(CC(=O)OC(C)(C)C)Cc1ccccc1. The Labute approximate surface area is 127 Å². The quantitative estimate of drug-likeness (QED) is 0.819. The number of carbonyl (C=O) groups is 1. The molecule has 0 aromatic heterocycles. The Morgan fingerprint density at radius 3 is 2.19 bits per heavy atom. The molecule has 0 aliphatic carbocycles. The van der Waals surface area contributed by atoms with Gasteiger partial charge in [0, 0.05) is 13.1 Å². The Hall–Kier alpha value is -1.39. The fourth-order valence-electron chi connectivity index (χ4n) is 2.11. The average Bonchev–Trinajstić information content (AvgIpc) is 2.24. The van der Waals surface area contributed by atoms with Gasteiger partial charge in [0.05, 0.1) is 12.1 Å². The van der Waals surface area contributed by atoms with E-state index in [1.165, 1.54) is 0 Å². The van der Waals surface area contributed by atoms with Crippen molar-refractivity contribution in [3.8, 4) is 0 Å². The van der Waals surface area contributed by atoms with Gasteiger partial charge in [0.15, 0.2) is 0 Å². The molecule has 0 radical (unpaired) electrons. The molecule has 0 bridgehead atoms. The highest BCUT2D eigenvalue weighted by Gasteiger charge is 2.23. The van der Waals surface area contributed by atoms with E-state index in [-0.39, 0.29) is 12.5 Å². The largest absolute Gasteiger partial charge is 0.459 e. The van der Waals surface area contributed by atoms with Crippen molar-refractivity contribution in [3.05, 3.63) is 35.9 Å². The highest BCUT2D eigenvalue weighted by molar-refractivity contribution is 5.72. The molecule has 0 unspecified atom stereocenters. The summed E-state index contributed by atoms with van der Waals surface area (Å²) in [6.45, 7) is 10.2. The lowest BCUT2D eigenvalue weighted by molar-refractivity contribution is -0.156. The van der Waals surface area contributed by atoms with Gasteiger partial charge in [-0.1, -0.05) is 30.3 Å². The monoisotopic (exact) mass is 293 g/mol. The van der Waals surface area contributed by atoms with E-state index in [1.54, 1.807) is 13.8 Å². The van der Waals surface area contributed by atoms with Gasteiger partial charge < -0.3 is 9.84 Å². The maximum absolute atomic E-state index is 12.0. The van der Waals surface area contributed by atoms with Crippen LogP contribution in [0.2, 0.25) is 0 Å². The predicted octanol–water partition coefficient (Wildman–Crippen LogP) is 2.60. The molecule has 0 saturated carbocycles. The van der Waals surface area contributed by atoms with Crippen molar-refractivity contribution in [2.45, 2.75) is 52.4 Å². The molecule has 1 N–H and O–H groups in total. The fraction of sp³-hybridized carbons (Fsp3) is 0.588. The van der Waals surface area contributed by atoms with E-state index < -0.39 is 11.2 Å². The van der Waals surface area contributed by atoms with Gasteiger partial charge in [-0.25, -0.2) is 0 Å². The summed E-state index contributed by atoms with van der Waals surface area (Å²) >= 11 is 0. The summed E-state index contributed by atoms with van der Waals surface area (Å²) in [7, 11) is 0. The van der Waals surface area contributed by atoms with Gasteiger partial charge in [-0.3, -0.25) is 9.69 Å². The average molecular weight is 293 g/mol. The molecule has 0 amide bonds. The van der Waals surface area contributed by atoms with E-state index in [4.69, 9.17) is 4.74 Å². The van der Waals surface area contributed by atoms with E-state index >= 15 is 0 Å². The zero-order chi connectivity index (χ0) is 16.1. The molecule has 1 aromatic rings. The highest BCUT2D eigenvalue weighted by atomic mass is 16.6. The molecule has 0 aliphatic rings. The maximum Gasteiger partial charge on any atom is 0.320 e. The van der Waals surface area contributed by atoms with Crippen LogP contribution in [0.3, 0.4) is 0 Å². The lowest BCUT2D eigenvalue weighted by atomic mass is 10.1. The Morgan fingerprint density at radius 2 is 1.71 bits per heavy atom. The second-order valence-corrected chi connectivity index (χ2v) is 7.03. The van der Waals surface area contributed by atoms with Crippen LogP contribution in [-0.2, 0) is 16.1 Å². The van der Waals surface area contributed by atoms with Crippen molar-refractivity contribution >= 4 is 5.97 Å². The number of hydrogen-bond donors (Lipinski definition) is 1. The zero-order valence-corrected chi connectivity index (χ0v) is 13.7. The standard InChI is InChI=1S/C17H27NO3/c1-16(2,3)21-15(19)12-18(13-17(4,5)20)11-14-9-7-6-8-10-14/h6-10,20H,11-13H2,1-5H3. The first kappa shape index (κ1) is 17.7. The summed E-state index contributed by atoms with van der Waals surface area (Å²) in [6.07, 6.45) is 0. The van der Waals surface area contributed by atoms with Crippen molar-refractivity contribution in [1.82, 2.24) is 4.90 Å². The summed E-state index contributed by atoms with van der Waals surface area (Å²) in [5.41, 5.74) is -0.258. The number of benzene rings is 1. The molecule has 0 fully saturated rings. The topological polar surface area (TPSA) is 49.8 Å². The van der Waals surface area contributed by atoms with Gasteiger partial charge in [0.1, 0.15) is 5.60 Å². The molecular weight excluding hydrogens is 266 g/mol. The van der Waals surface area contributed by atoms with Crippen LogP contribution in [0, 0.1) is 0 Å². The van der Waals surface area contributed by atoms with Crippen molar-refractivity contribution < 1.29 is 14.6 Å². The first-order valence-electron chi connectivity index (χ1n) is 7.26. The fourth-order valence-corrected chi connectivity index (χ4v) is 2.11. The smallest absolute Gasteiger partial charge is 0.320 e. The minimum atomic E-state index is -0.864. The Kier molecular flexibility index (Phi) is 5.93. The summed E-state index contributed by atoms with van der Waals surface area (Å²) in [4.78, 5) is 13.9.